The predicted molar refractivity (Wildman–Crippen MR) is 64.4 cm³/mol. The summed E-state index contributed by atoms with van der Waals surface area (Å²) in [5.74, 6) is 0.911. The van der Waals surface area contributed by atoms with E-state index in [4.69, 9.17) is 0 Å². The Hall–Kier alpha value is -1.10. The lowest BCUT2D eigenvalue weighted by Crippen LogP contribution is -2.27. The molecule has 1 fully saturated rings. The number of aryl methyl sites for hydroxylation is 1. The smallest absolute Gasteiger partial charge is 0.152 e. The van der Waals surface area contributed by atoms with Crippen molar-refractivity contribution in [2.75, 3.05) is 24.2 Å². The van der Waals surface area contributed by atoms with Gasteiger partial charge < -0.3 is 4.90 Å². The third-order valence-corrected chi connectivity index (χ3v) is 4.63. The van der Waals surface area contributed by atoms with Crippen LogP contribution in [0, 0.1) is 6.92 Å². The van der Waals surface area contributed by atoms with E-state index in [2.05, 4.69) is 9.88 Å². The summed E-state index contributed by atoms with van der Waals surface area (Å²) in [5, 5.41) is -0.242. The van der Waals surface area contributed by atoms with Crippen LogP contribution in [0.25, 0.3) is 0 Å². The van der Waals surface area contributed by atoms with Crippen molar-refractivity contribution in [2.45, 2.75) is 18.6 Å². The molecule has 0 saturated carbocycles. The maximum atomic E-state index is 11.4. The first-order valence-corrected chi connectivity index (χ1v) is 7.29. The van der Waals surface area contributed by atoms with E-state index in [-0.39, 0.29) is 5.25 Å². The van der Waals surface area contributed by atoms with E-state index in [9.17, 15) is 8.42 Å². The minimum Gasteiger partial charge on any atom is -0.355 e. The Morgan fingerprint density at radius 1 is 1.50 bits per heavy atom. The van der Waals surface area contributed by atoms with Gasteiger partial charge in [-0.1, -0.05) is 6.07 Å². The average Bonchev–Trinajstić information content (AvgIpc) is 2.66. The molecule has 1 aromatic heterocycles. The molecule has 0 spiro atoms. The third kappa shape index (κ3) is 2.19. The standard InChI is InChI=1S/C11H16N2O2S/c1-9-4-3-6-12-11(9)13-7-5-10(8-13)16(2,14)15/h3-4,6,10H,5,7-8H2,1-2H3. The van der Waals surface area contributed by atoms with Gasteiger partial charge in [0.1, 0.15) is 5.82 Å². The summed E-state index contributed by atoms with van der Waals surface area (Å²) in [6, 6.07) is 3.89. The molecule has 0 aliphatic carbocycles. The topological polar surface area (TPSA) is 50.3 Å². The number of rotatable bonds is 2. The largest absolute Gasteiger partial charge is 0.355 e. The molecule has 2 rings (SSSR count). The number of anilines is 1. The van der Waals surface area contributed by atoms with Gasteiger partial charge in [-0.2, -0.15) is 0 Å². The highest BCUT2D eigenvalue weighted by Crippen LogP contribution is 2.24. The number of pyridine rings is 1. The summed E-state index contributed by atoms with van der Waals surface area (Å²) in [7, 11) is -2.93. The molecule has 88 valence electrons. The first kappa shape index (κ1) is 11.4. The second-order valence-corrected chi connectivity index (χ2v) is 6.66. The van der Waals surface area contributed by atoms with Gasteiger partial charge in [-0.25, -0.2) is 13.4 Å². The normalized spacial score (nSPS) is 21.4. The van der Waals surface area contributed by atoms with Gasteiger partial charge in [-0.3, -0.25) is 0 Å². The van der Waals surface area contributed by atoms with Crippen molar-refractivity contribution in [3.05, 3.63) is 23.9 Å². The maximum Gasteiger partial charge on any atom is 0.152 e. The molecule has 1 saturated heterocycles. The first-order chi connectivity index (χ1) is 7.48. The van der Waals surface area contributed by atoms with E-state index in [1.54, 1.807) is 6.20 Å². The molecule has 0 radical (unpaired) electrons. The lowest BCUT2D eigenvalue weighted by molar-refractivity contribution is 0.589. The van der Waals surface area contributed by atoms with Crippen molar-refractivity contribution in [2.24, 2.45) is 0 Å². The molecule has 5 heteroatoms. The lowest BCUT2D eigenvalue weighted by Gasteiger charge is -2.18. The second kappa shape index (κ2) is 4.05. The van der Waals surface area contributed by atoms with E-state index in [1.807, 2.05) is 19.1 Å². The Morgan fingerprint density at radius 2 is 2.25 bits per heavy atom. The van der Waals surface area contributed by atoms with E-state index < -0.39 is 9.84 Å². The van der Waals surface area contributed by atoms with Crippen LogP contribution < -0.4 is 4.90 Å². The number of hydrogen-bond acceptors (Lipinski definition) is 4. The summed E-state index contributed by atoms with van der Waals surface area (Å²) >= 11 is 0. The SMILES string of the molecule is Cc1cccnc1N1CCC(S(C)(=O)=O)C1. The molecule has 0 bridgehead atoms. The molecular weight excluding hydrogens is 224 g/mol. The summed E-state index contributed by atoms with van der Waals surface area (Å²) in [5.41, 5.74) is 1.09. The van der Waals surface area contributed by atoms with Crippen LogP contribution in [0.15, 0.2) is 18.3 Å². The molecule has 1 aliphatic heterocycles. The van der Waals surface area contributed by atoms with Gasteiger partial charge in [0, 0.05) is 25.5 Å². The van der Waals surface area contributed by atoms with Crippen LogP contribution in [-0.4, -0.2) is 38.0 Å². The highest BCUT2D eigenvalue weighted by molar-refractivity contribution is 7.91. The quantitative estimate of drug-likeness (QED) is 0.774. The van der Waals surface area contributed by atoms with Crippen LogP contribution in [0.4, 0.5) is 5.82 Å². The molecule has 16 heavy (non-hydrogen) atoms. The Kier molecular flexibility index (Phi) is 2.88. The van der Waals surface area contributed by atoms with E-state index >= 15 is 0 Å². The monoisotopic (exact) mass is 240 g/mol. The van der Waals surface area contributed by atoms with Gasteiger partial charge in [0.2, 0.25) is 0 Å². The fraction of sp³-hybridized carbons (Fsp3) is 0.545. The fourth-order valence-corrected chi connectivity index (χ4v) is 3.06. The number of hydrogen-bond donors (Lipinski definition) is 0. The highest BCUT2D eigenvalue weighted by Gasteiger charge is 2.30. The Labute approximate surface area is 96.2 Å². The van der Waals surface area contributed by atoms with Gasteiger partial charge >= 0.3 is 0 Å². The van der Waals surface area contributed by atoms with Gasteiger partial charge in [0.25, 0.3) is 0 Å². The molecule has 0 N–H and O–H groups in total. The van der Waals surface area contributed by atoms with Crippen molar-refractivity contribution in [3.63, 3.8) is 0 Å². The molecule has 1 aromatic rings. The van der Waals surface area contributed by atoms with Crippen LogP contribution >= 0.6 is 0 Å². The zero-order valence-electron chi connectivity index (χ0n) is 9.55. The minimum atomic E-state index is -2.93. The Morgan fingerprint density at radius 3 is 2.81 bits per heavy atom. The van der Waals surface area contributed by atoms with Crippen molar-refractivity contribution in [1.82, 2.24) is 4.98 Å². The Bertz CT molecular complexity index is 485. The fourth-order valence-electron chi connectivity index (χ4n) is 2.08. The average molecular weight is 240 g/mol. The highest BCUT2D eigenvalue weighted by atomic mass is 32.2. The zero-order chi connectivity index (χ0) is 11.8. The van der Waals surface area contributed by atoms with Crippen molar-refractivity contribution >= 4 is 15.7 Å². The zero-order valence-corrected chi connectivity index (χ0v) is 10.4. The Balaban J connectivity index is 2.19. The van der Waals surface area contributed by atoms with Gasteiger partial charge in [-0.15, -0.1) is 0 Å². The van der Waals surface area contributed by atoms with E-state index in [1.165, 1.54) is 6.26 Å². The van der Waals surface area contributed by atoms with Crippen molar-refractivity contribution in [1.29, 1.82) is 0 Å². The van der Waals surface area contributed by atoms with E-state index in [0.29, 0.717) is 13.0 Å². The lowest BCUT2D eigenvalue weighted by atomic mass is 10.3. The summed E-state index contributed by atoms with van der Waals surface area (Å²) < 4.78 is 22.9. The molecule has 1 unspecified atom stereocenters. The molecule has 0 aromatic carbocycles. The first-order valence-electron chi connectivity index (χ1n) is 5.34. The van der Waals surface area contributed by atoms with Gasteiger partial charge in [0.15, 0.2) is 9.84 Å². The number of nitrogens with zero attached hydrogens (tertiary/aromatic N) is 2. The molecule has 2 heterocycles. The maximum absolute atomic E-state index is 11.4. The van der Waals surface area contributed by atoms with Gasteiger partial charge in [-0.05, 0) is 25.0 Å². The van der Waals surface area contributed by atoms with Crippen molar-refractivity contribution < 1.29 is 8.42 Å². The molecule has 0 amide bonds. The van der Waals surface area contributed by atoms with Crippen LogP contribution in [-0.2, 0) is 9.84 Å². The predicted octanol–water partition coefficient (Wildman–Crippen LogP) is 1.01. The van der Waals surface area contributed by atoms with Crippen molar-refractivity contribution in [3.8, 4) is 0 Å². The summed E-state index contributed by atoms with van der Waals surface area (Å²) in [6.45, 7) is 3.34. The van der Waals surface area contributed by atoms with Crippen LogP contribution in [0.1, 0.15) is 12.0 Å². The third-order valence-electron chi connectivity index (χ3n) is 3.03. The number of sulfone groups is 1. The molecule has 1 atom stereocenters. The molecule has 4 nitrogen and oxygen atoms in total. The second-order valence-electron chi connectivity index (χ2n) is 4.33. The van der Waals surface area contributed by atoms with Crippen LogP contribution in [0.5, 0.6) is 0 Å². The molecular formula is C11H16N2O2S. The van der Waals surface area contributed by atoms with Crippen LogP contribution in [0.3, 0.4) is 0 Å². The van der Waals surface area contributed by atoms with Crippen LogP contribution in [0.2, 0.25) is 0 Å². The minimum absolute atomic E-state index is 0.242. The molecule has 1 aliphatic rings. The summed E-state index contributed by atoms with van der Waals surface area (Å²) in [4.78, 5) is 6.36. The van der Waals surface area contributed by atoms with Gasteiger partial charge in [0.05, 0.1) is 5.25 Å². The number of aromatic nitrogens is 1. The summed E-state index contributed by atoms with van der Waals surface area (Å²) in [6.07, 6.45) is 3.76. The van der Waals surface area contributed by atoms with E-state index in [0.717, 1.165) is 17.9 Å².